The van der Waals surface area contributed by atoms with Crippen LogP contribution in [0.4, 0.5) is 18.9 Å². The Morgan fingerprint density at radius 1 is 0.300 bits per heavy atom. The molecule has 0 aliphatic carbocycles. The number of nitrogens with zero attached hydrogens (tertiary/aromatic N) is 5. The lowest BCUT2D eigenvalue weighted by atomic mass is 9.94. The van der Waals surface area contributed by atoms with Crippen molar-refractivity contribution >= 4 is 92.9 Å². The van der Waals surface area contributed by atoms with E-state index in [0.29, 0.717) is 22.7 Å². The average molecular weight is 908 g/mol. The Kier molecular flexibility index (Phi) is 8.44. The summed E-state index contributed by atoms with van der Waals surface area (Å²) in [6.45, 7) is 8.88. The average Bonchev–Trinajstić information content (AvgIpc) is 4.13. The maximum atomic E-state index is 16.5. The summed E-state index contributed by atoms with van der Waals surface area (Å²) in [5, 5.41) is 7.85. The molecule has 330 valence electrons. The molecule has 14 aromatic rings. The Balaban J connectivity index is 1.17. The number of fused-ring (bicyclic) bond motifs is 12. The summed E-state index contributed by atoms with van der Waals surface area (Å²) in [4.78, 5) is 4.14. The fourth-order valence-electron chi connectivity index (χ4n) is 11.4. The number of para-hydroxylation sites is 8. The second-order valence-corrected chi connectivity index (χ2v) is 17.8. The predicted octanol–water partition coefficient (Wildman–Crippen LogP) is 17.3. The van der Waals surface area contributed by atoms with Crippen molar-refractivity contribution in [3.05, 3.63) is 235 Å². The van der Waals surface area contributed by atoms with E-state index in [1.165, 1.54) is 6.07 Å². The number of alkyl halides is 3. The van der Waals surface area contributed by atoms with Gasteiger partial charge in [-0.1, -0.05) is 146 Å². The van der Waals surface area contributed by atoms with Crippen LogP contribution in [0.3, 0.4) is 0 Å². The molecule has 0 N–H and O–H groups in total. The van der Waals surface area contributed by atoms with Gasteiger partial charge in [-0.05, 0) is 83.9 Å². The summed E-state index contributed by atoms with van der Waals surface area (Å²) in [7, 11) is 0. The number of rotatable bonds is 5. The van der Waals surface area contributed by atoms with Crippen LogP contribution in [0.2, 0.25) is 0 Å². The molecule has 8 heteroatoms. The molecule has 4 heterocycles. The number of halogens is 3. The molecule has 0 fully saturated rings. The van der Waals surface area contributed by atoms with Gasteiger partial charge in [-0.2, -0.15) is 13.2 Å². The number of benzene rings is 10. The maximum Gasteiger partial charge on any atom is 0.417 e. The summed E-state index contributed by atoms with van der Waals surface area (Å²) in [6.07, 6.45) is -4.85. The van der Waals surface area contributed by atoms with Crippen molar-refractivity contribution in [1.29, 1.82) is 0 Å². The molecule has 14 rings (SSSR count). The van der Waals surface area contributed by atoms with Gasteiger partial charge in [0.15, 0.2) is 5.69 Å². The topological polar surface area (TPSA) is 24.1 Å². The number of aromatic nitrogens is 4. The van der Waals surface area contributed by atoms with Crippen LogP contribution >= 0.6 is 0 Å². The molecule has 0 saturated heterocycles. The third kappa shape index (κ3) is 5.60. The summed E-state index contributed by atoms with van der Waals surface area (Å²) >= 11 is 0. The van der Waals surface area contributed by atoms with Gasteiger partial charge in [0.25, 0.3) is 0 Å². The van der Waals surface area contributed by atoms with E-state index in [9.17, 15) is 0 Å². The molecule has 0 radical (unpaired) electrons. The third-order valence-electron chi connectivity index (χ3n) is 14.2. The van der Waals surface area contributed by atoms with Gasteiger partial charge < -0.3 is 18.3 Å². The Morgan fingerprint density at radius 2 is 0.529 bits per heavy atom. The van der Waals surface area contributed by atoms with Crippen LogP contribution in [0.25, 0.3) is 126 Å². The summed E-state index contributed by atoms with van der Waals surface area (Å²) < 4.78 is 58.0. The number of hydrogen-bond donors (Lipinski definition) is 0. The molecule has 0 bridgehead atoms. The van der Waals surface area contributed by atoms with Gasteiger partial charge in [-0.15, -0.1) is 0 Å². The van der Waals surface area contributed by atoms with E-state index in [1.807, 2.05) is 144 Å². The van der Waals surface area contributed by atoms with E-state index in [4.69, 9.17) is 6.57 Å². The minimum Gasteiger partial charge on any atom is -0.308 e. The molecule has 0 saturated carbocycles. The maximum absolute atomic E-state index is 16.5. The molecule has 0 aliphatic heterocycles. The second-order valence-electron chi connectivity index (χ2n) is 17.8. The smallest absolute Gasteiger partial charge is 0.308 e. The molecule has 0 spiro atoms. The minimum atomic E-state index is -4.85. The van der Waals surface area contributed by atoms with Gasteiger partial charge in [0.2, 0.25) is 0 Å². The van der Waals surface area contributed by atoms with Gasteiger partial charge in [0.05, 0.1) is 79.0 Å². The first-order valence-corrected chi connectivity index (χ1v) is 23.1. The highest BCUT2D eigenvalue weighted by Gasteiger charge is 2.37. The lowest BCUT2D eigenvalue weighted by Gasteiger charge is -2.24. The number of hydrogen-bond acceptors (Lipinski definition) is 0. The predicted molar refractivity (Wildman–Crippen MR) is 280 cm³/mol. The van der Waals surface area contributed by atoms with Crippen molar-refractivity contribution in [2.24, 2.45) is 0 Å². The van der Waals surface area contributed by atoms with E-state index in [2.05, 4.69) is 79.2 Å². The van der Waals surface area contributed by atoms with Gasteiger partial charge >= 0.3 is 6.18 Å². The van der Waals surface area contributed by atoms with E-state index in [-0.39, 0.29) is 16.8 Å². The highest BCUT2D eigenvalue weighted by Crippen LogP contribution is 2.49. The summed E-state index contributed by atoms with van der Waals surface area (Å²) in [6, 6.07) is 70.9. The zero-order valence-corrected chi connectivity index (χ0v) is 37.2. The van der Waals surface area contributed by atoms with Gasteiger partial charge in [-0.3, -0.25) is 0 Å². The van der Waals surface area contributed by atoms with Crippen LogP contribution in [0.15, 0.2) is 218 Å². The highest BCUT2D eigenvalue weighted by molar-refractivity contribution is 6.14. The zero-order valence-electron chi connectivity index (χ0n) is 37.2. The lowest BCUT2D eigenvalue weighted by Crippen LogP contribution is -2.12. The van der Waals surface area contributed by atoms with Crippen molar-refractivity contribution in [3.63, 3.8) is 0 Å². The van der Waals surface area contributed by atoms with Crippen LogP contribution in [-0.4, -0.2) is 18.3 Å². The van der Waals surface area contributed by atoms with E-state index < -0.39 is 11.7 Å². The molecule has 5 nitrogen and oxygen atoms in total. The molecular weight excluding hydrogens is 872 g/mol. The SMILES string of the molecule is [C-]#[N+]c1cc(-n2c3ccccc3c3ccccc32)c(-n2c3ccccc3c3ccccc32)cc1-c1cc(-n2c3ccccc3c3ccccc32)c(-n2c3ccccc3c3ccccc32)cc1C(F)(F)F. The molecule has 0 atom stereocenters. The van der Waals surface area contributed by atoms with E-state index in [0.717, 1.165) is 87.2 Å². The van der Waals surface area contributed by atoms with Crippen molar-refractivity contribution in [3.8, 4) is 33.9 Å². The van der Waals surface area contributed by atoms with Crippen LogP contribution < -0.4 is 0 Å². The normalized spacial score (nSPS) is 12.2. The highest BCUT2D eigenvalue weighted by atomic mass is 19.4. The van der Waals surface area contributed by atoms with Gasteiger partial charge in [-0.25, -0.2) is 4.85 Å². The molecule has 0 aliphatic rings. The molecule has 10 aromatic carbocycles. The molecule has 0 unspecified atom stereocenters. The van der Waals surface area contributed by atoms with Crippen LogP contribution in [0.1, 0.15) is 5.56 Å². The van der Waals surface area contributed by atoms with Crippen molar-refractivity contribution in [1.82, 2.24) is 18.3 Å². The van der Waals surface area contributed by atoms with E-state index in [1.54, 1.807) is 12.1 Å². The third-order valence-corrected chi connectivity index (χ3v) is 14.2. The minimum absolute atomic E-state index is 0.0877. The Hall–Kier alpha value is -9.32. The monoisotopic (exact) mass is 907 g/mol. The summed E-state index contributed by atoms with van der Waals surface area (Å²) in [5.41, 5.74) is 8.31. The standard InChI is InChI=1S/C62H36F3N5/c1-66-49-37-61(70-56-32-16-8-24-44(56)45-25-9-17-33-57(45)70)59(68-52-28-12-4-20-40(52)41-21-5-13-29-53(41)68)35-47(49)46-34-58(67-50-26-10-2-18-38(50)39-19-3-11-27-51(39)67)60(36-48(46)62(63,64)65)69-54-30-14-6-22-42(54)43-23-7-15-31-55(43)69/h2-37H. The molecule has 4 aromatic heterocycles. The van der Waals surface area contributed by atoms with Crippen LogP contribution in [0.5, 0.6) is 0 Å². The van der Waals surface area contributed by atoms with Gasteiger partial charge in [0.1, 0.15) is 0 Å². The van der Waals surface area contributed by atoms with Crippen LogP contribution in [-0.2, 0) is 6.18 Å². The Morgan fingerprint density at radius 3 is 0.786 bits per heavy atom. The van der Waals surface area contributed by atoms with Gasteiger partial charge in [0, 0.05) is 43.1 Å². The summed E-state index contributed by atoms with van der Waals surface area (Å²) in [5.74, 6) is 0. The van der Waals surface area contributed by atoms with Crippen molar-refractivity contribution < 1.29 is 13.2 Å². The van der Waals surface area contributed by atoms with Crippen molar-refractivity contribution in [2.75, 3.05) is 0 Å². The first kappa shape index (κ1) is 39.8. The fraction of sp³-hybridized carbons (Fsp3) is 0.0161. The van der Waals surface area contributed by atoms with Crippen LogP contribution in [0, 0.1) is 6.57 Å². The fourth-order valence-corrected chi connectivity index (χ4v) is 11.4. The quantitative estimate of drug-likeness (QED) is 0.154. The van der Waals surface area contributed by atoms with E-state index >= 15 is 13.2 Å². The molecular formula is C62H36F3N5. The first-order valence-electron chi connectivity index (χ1n) is 23.1. The largest absolute Gasteiger partial charge is 0.417 e. The first-order chi connectivity index (χ1) is 34.4. The molecule has 70 heavy (non-hydrogen) atoms. The second kappa shape index (κ2) is 14.8. The molecule has 0 amide bonds. The Bertz CT molecular complexity index is 4340. The van der Waals surface area contributed by atoms with Crippen molar-refractivity contribution in [2.45, 2.75) is 6.18 Å². The Labute approximate surface area is 398 Å². The zero-order chi connectivity index (χ0) is 46.8. The lowest BCUT2D eigenvalue weighted by molar-refractivity contribution is -0.137.